The predicted molar refractivity (Wildman–Crippen MR) is 63.8 cm³/mol. The van der Waals surface area contributed by atoms with Crippen LogP contribution in [0.15, 0.2) is 24.3 Å². The first-order valence-corrected chi connectivity index (χ1v) is 5.78. The molecular weight excluding hydrogens is 218 g/mol. The summed E-state index contributed by atoms with van der Waals surface area (Å²) in [6.45, 7) is 4.61. The third-order valence-corrected chi connectivity index (χ3v) is 3.08. The number of carboxylic acids is 1. The second-order valence-electron chi connectivity index (χ2n) is 4.36. The van der Waals surface area contributed by atoms with Crippen LogP contribution < -0.4 is 0 Å². The van der Waals surface area contributed by atoms with Crippen molar-refractivity contribution >= 4 is 5.97 Å². The molecule has 4 nitrogen and oxygen atoms in total. The number of rotatable bonds is 3. The molecule has 4 heteroatoms. The van der Waals surface area contributed by atoms with Gasteiger partial charge in [0.15, 0.2) is 6.10 Å². The van der Waals surface area contributed by atoms with Crippen LogP contribution in [0.1, 0.15) is 11.1 Å². The van der Waals surface area contributed by atoms with Crippen LogP contribution >= 0.6 is 0 Å². The zero-order valence-corrected chi connectivity index (χ0v) is 9.93. The number of carbonyl (C=O) groups is 1. The molecule has 17 heavy (non-hydrogen) atoms. The van der Waals surface area contributed by atoms with E-state index in [1.165, 1.54) is 11.1 Å². The van der Waals surface area contributed by atoms with E-state index in [-0.39, 0.29) is 0 Å². The van der Waals surface area contributed by atoms with Gasteiger partial charge in [0.25, 0.3) is 0 Å². The zero-order valence-electron chi connectivity index (χ0n) is 9.93. The van der Waals surface area contributed by atoms with Gasteiger partial charge in [-0.25, -0.2) is 4.79 Å². The van der Waals surface area contributed by atoms with Crippen molar-refractivity contribution in [1.29, 1.82) is 0 Å². The van der Waals surface area contributed by atoms with Gasteiger partial charge in [-0.3, -0.25) is 4.90 Å². The number of nitrogens with zero attached hydrogens (tertiary/aromatic N) is 1. The average Bonchev–Trinajstić information content (AvgIpc) is 2.32. The fraction of sp³-hybridized carbons (Fsp3) is 0.462. The van der Waals surface area contributed by atoms with Gasteiger partial charge in [-0.1, -0.05) is 24.3 Å². The van der Waals surface area contributed by atoms with E-state index in [1.807, 2.05) is 12.1 Å². The van der Waals surface area contributed by atoms with Crippen LogP contribution in [-0.2, 0) is 16.1 Å². The highest BCUT2D eigenvalue weighted by Gasteiger charge is 2.26. The number of benzene rings is 1. The van der Waals surface area contributed by atoms with E-state index in [2.05, 4.69) is 24.0 Å². The molecule has 0 aliphatic carbocycles. The molecule has 0 aromatic heterocycles. The van der Waals surface area contributed by atoms with E-state index in [4.69, 9.17) is 9.84 Å². The molecule has 1 saturated heterocycles. The number of carboxylic acid groups (broad SMARTS) is 1. The van der Waals surface area contributed by atoms with Gasteiger partial charge in [0, 0.05) is 19.6 Å². The summed E-state index contributed by atoms with van der Waals surface area (Å²) in [6, 6.07) is 8.18. The Morgan fingerprint density at radius 3 is 3.00 bits per heavy atom. The van der Waals surface area contributed by atoms with E-state index in [9.17, 15) is 4.79 Å². The van der Waals surface area contributed by atoms with E-state index in [0.29, 0.717) is 13.2 Å². The van der Waals surface area contributed by atoms with Crippen molar-refractivity contribution in [3.8, 4) is 0 Å². The summed E-state index contributed by atoms with van der Waals surface area (Å²) in [5, 5.41) is 8.93. The average molecular weight is 235 g/mol. The van der Waals surface area contributed by atoms with Crippen LogP contribution in [0.25, 0.3) is 0 Å². The molecule has 1 unspecified atom stereocenters. The molecule has 0 spiro atoms. The maximum Gasteiger partial charge on any atom is 0.334 e. The first kappa shape index (κ1) is 12.1. The van der Waals surface area contributed by atoms with Crippen molar-refractivity contribution in [3.05, 3.63) is 35.4 Å². The molecule has 0 saturated carbocycles. The smallest absolute Gasteiger partial charge is 0.334 e. The molecule has 1 fully saturated rings. The second kappa shape index (κ2) is 5.29. The lowest BCUT2D eigenvalue weighted by atomic mass is 10.1. The Kier molecular flexibility index (Phi) is 3.76. The minimum absolute atomic E-state index is 0.462. The van der Waals surface area contributed by atoms with Gasteiger partial charge >= 0.3 is 5.97 Å². The fourth-order valence-corrected chi connectivity index (χ4v) is 2.02. The SMILES string of the molecule is Cc1ccccc1CN1CCOC(C(=O)O)C1. The largest absolute Gasteiger partial charge is 0.479 e. The quantitative estimate of drug-likeness (QED) is 0.857. The number of aryl methyl sites for hydroxylation is 1. The Labute approximate surface area is 101 Å². The van der Waals surface area contributed by atoms with Gasteiger partial charge in [-0.05, 0) is 18.1 Å². The van der Waals surface area contributed by atoms with Crippen LogP contribution in [-0.4, -0.2) is 41.8 Å². The third-order valence-electron chi connectivity index (χ3n) is 3.08. The molecule has 1 heterocycles. The minimum Gasteiger partial charge on any atom is -0.479 e. The normalized spacial score (nSPS) is 21.4. The van der Waals surface area contributed by atoms with E-state index >= 15 is 0 Å². The molecule has 0 bridgehead atoms. The molecule has 1 aromatic carbocycles. The summed E-state index contributed by atoms with van der Waals surface area (Å²) in [5.41, 5.74) is 2.49. The summed E-state index contributed by atoms with van der Waals surface area (Å²) >= 11 is 0. The molecule has 1 aromatic rings. The predicted octanol–water partition coefficient (Wildman–Crippen LogP) is 1.28. The van der Waals surface area contributed by atoms with E-state index < -0.39 is 12.1 Å². The maximum absolute atomic E-state index is 10.9. The number of hydrogen-bond acceptors (Lipinski definition) is 3. The number of hydrogen-bond donors (Lipinski definition) is 1. The number of morpholine rings is 1. The van der Waals surface area contributed by atoms with Crippen LogP contribution in [0.5, 0.6) is 0 Å². The van der Waals surface area contributed by atoms with Crippen LogP contribution in [0.2, 0.25) is 0 Å². The lowest BCUT2D eigenvalue weighted by Crippen LogP contribution is -2.45. The minimum atomic E-state index is -0.875. The van der Waals surface area contributed by atoms with Gasteiger partial charge < -0.3 is 9.84 Å². The molecule has 1 atom stereocenters. The number of aliphatic carboxylic acids is 1. The van der Waals surface area contributed by atoms with Crippen LogP contribution in [0.3, 0.4) is 0 Å². The molecule has 2 rings (SSSR count). The van der Waals surface area contributed by atoms with Gasteiger partial charge in [0.1, 0.15) is 0 Å². The van der Waals surface area contributed by atoms with Gasteiger partial charge in [0.05, 0.1) is 6.61 Å². The van der Waals surface area contributed by atoms with Crippen LogP contribution in [0, 0.1) is 6.92 Å². The van der Waals surface area contributed by atoms with Gasteiger partial charge in [-0.2, -0.15) is 0 Å². The Bertz CT molecular complexity index is 405. The van der Waals surface area contributed by atoms with Crippen LogP contribution in [0.4, 0.5) is 0 Å². The zero-order chi connectivity index (χ0) is 12.3. The van der Waals surface area contributed by atoms with Crippen molar-refractivity contribution in [2.45, 2.75) is 19.6 Å². The summed E-state index contributed by atoms with van der Waals surface area (Å²) in [7, 11) is 0. The highest BCUT2D eigenvalue weighted by Crippen LogP contribution is 2.13. The van der Waals surface area contributed by atoms with Crippen molar-refractivity contribution in [2.75, 3.05) is 19.7 Å². The van der Waals surface area contributed by atoms with E-state index in [0.717, 1.165) is 13.1 Å². The summed E-state index contributed by atoms with van der Waals surface area (Å²) < 4.78 is 5.20. The molecule has 1 aliphatic heterocycles. The Morgan fingerprint density at radius 2 is 2.29 bits per heavy atom. The number of ether oxygens (including phenoxy) is 1. The molecule has 92 valence electrons. The second-order valence-corrected chi connectivity index (χ2v) is 4.36. The molecule has 0 radical (unpaired) electrons. The lowest BCUT2D eigenvalue weighted by Gasteiger charge is -2.31. The Morgan fingerprint density at radius 1 is 1.53 bits per heavy atom. The highest BCUT2D eigenvalue weighted by atomic mass is 16.5. The monoisotopic (exact) mass is 235 g/mol. The summed E-state index contributed by atoms with van der Waals surface area (Å²) in [6.07, 6.45) is -0.687. The Hall–Kier alpha value is -1.39. The molecule has 0 amide bonds. The topological polar surface area (TPSA) is 49.8 Å². The summed E-state index contributed by atoms with van der Waals surface area (Å²) in [5.74, 6) is -0.875. The lowest BCUT2D eigenvalue weighted by molar-refractivity contribution is -0.156. The first-order chi connectivity index (χ1) is 8.16. The molecule has 1 aliphatic rings. The first-order valence-electron chi connectivity index (χ1n) is 5.78. The van der Waals surface area contributed by atoms with Gasteiger partial charge in [-0.15, -0.1) is 0 Å². The highest BCUT2D eigenvalue weighted by molar-refractivity contribution is 5.72. The molecular formula is C13H17NO3. The van der Waals surface area contributed by atoms with Crippen molar-refractivity contribution in [1.82, 2.24) is 4.90 Å². The third kappa shape index (κ3) is 3.05. The van der Waals surface area contributed by atoms with Gasteiger partial charge in [0.2, 0.25) is 0 Å². The van der Waals surface area contributed by atoms with Crippen molar-refractivity contribution in [2.24, 2.45) is 0 Å². The Balaban J connectivity index is 1.99. The van der Waals surface area contributed by atoms with Crippen molar-refractivity contribution in [3.63, 3.8) is 0 Å². The van der Waals surface area contributed by atoms with Crippen molar-refractivity contribution < 1.29 is 14.6 Å². The fourth-order valence-electron chi connectivity index (χ4n) is 2.02. The maximum atomic E-state index is 10.9. The molecule has 1 N–H and O–H groups in total. The van der Waals surface area contributed by atoms with E-state index in [1.54, 1.807) is 0 Å². The summed E-state index contributed by atoms with van der Waals surface area (Å²) in [4.78, 5) is 13.0. The standard InChI is InChI=1S/C13H17NO3/c1-10-4-2-3-5-11(10)8-14-6-7-17-12(9-14)13(15)16/h2-5,12H,6-9H2,1H3,(H,15,16).